The smallest absolute Gasteiger partial charge is 0.243 e. The molecule has 100 valence electrons. The van der Waals surface area contributed by atoms with E-state index in [1.807, 2.05) is 7.05 Å². The maximum Gasteiger partial charge on any atom is 0.243 e. The minimum Gasteiger partial charge on any atom is -0.304 e. The molecule has 0 amide bonds. The van der Waals surface area contributed by atoms with Gasteiger partial charge in [0.25, 0.3) is 0 Å². The molecule has 0 bridgehead atoms. The van der Waals surface area contributed by atoms with Crippen LogP contribution < -0.4 is 0 Å². The molecule has 1 aliphatic heterocycles. The van der Waals surface area contributed by atoms with E-state index in [0.717, 1.165) is 13.1 Å². The molecule has 1 heterocycles. The Labute approximate surface area is 117 Å². The molecule has 1 aromatic rings. The molecule has 1 aliphatic rings. The third-order valence-electron chi connectivity index (χ3n) is 2.94. The predicted molar refractivity (Wildman–Crippen MR) is 72.7 cm³/mol. The lowest BCUT2D eigenvalue weighted by Crippen LogP contribution is -2.47. The quantitative estimate of drug-likeness (QED) is 0.838. The molecule has 0 radical (unpaired) electrons. The fourth-order valence-electron chi connectivity index (χ4n) is 1.85. The van der Waals surface area contributed by atoms with Crippen LogP contribution in [0.3, 0.4) is 0 Å². The van der Waals surface area contributed by atoms with Gasteiger partial charge in [0.2, 0.25) is 10.0 Å². The summed E-state index contributed by atoms with van der Waals surface area (Å²) in [6, 6.07) is 4.38. The number of halogens is 2. The lowest BCUT2D eigenvalue weighted by molar-refractivity contribution is 0.222. The number of nitrogens with zero attached hydrogens (tertiary/aromatic N) is 2. The van der Waals surface area contributed by atoms with Gasteiger partial charge in [-0.05, 0) is 25.2 Å². The summed E-state index contributed by atoms with van der Waals surface area (Å²) in [5, 5.41) is 0.658. The van der Waals surface area contributed by atoms with Gasteiger partial charge in [0, 0.05) is 36.2 Å². The standard InChI is InChI=1S/C11H14Cl2N2O2S/c1-14-2-4-15(5-3-14)18(16,17)11-7-9(12)6-10(13)8-11/h6-8H,2-5H2,1H3. The molecule has 0 spiro atoms. The molecule has 0 aromatic heterocycles. The van der Waals surface area contributed by atoms with Crippen molar-refractivity contribution in [2.75, 3.05) is 33.2 Å². The van der Waals surface area contributed by atoms with Gasteiger partial charge >= 0.3 is 0 Å². The largest absolute Gasteiger partial charge is 0.304 e. The number of benzene rings is 1. The average molecular weight is 309 g/mol. The van der Waals surface area contributed by atoms with Crippen LogP contribution in [0.2, 0.25) is 10.0 Å². The summed E-state index contributed by atoms with van der Waals surface area (Å²) in [4.78, 5) is 2.25. The van der Waals surface area contributed by atoms with E-state index in [4.69, 9.17) is 23.2 Å². The molecule has 0 aliphatic carbocycles. The van der Waals surface area contributed by atoms with Crippen LogP contribution in [-0.2, 0) is 10.0 Å². The van der Waals surface area contributed by atoms with Crippen LogP contribution in [0.1, 0.15) is 0 Å². The molecular formula is C11H14Cl2N2O2S. The Morgan fingerprint density at radius 3 is 2.00 bits per heavy atom. The van der Waals surface area contributed by atoms with Crippen LogP contribution >= 0.6 is 23.2 Å². The third kappa shape index (κ3) is 2.97. The van der Waals surface area contributed by atoms with Crippen molar-refractivity contribution in [3.63, 3.8) is 0 Å². The van der Waals surface area contributed by atoms with E-state index in [-0.39, 0.29) is 4.90 Å². The number of hydrogen-bond acceptors (Lipinski definition) is 3. The monoisotopic (exact) mass is 308 g/mol. The Bertz CT molecular complexity index is 520. The van der Waals surface area contributed by atoms with Crippen molar-refractivity contribution in [2.45, 2.75) is 4.90 Å². The van der Waals surface area contributed by atoms with Crippen LogP contribution in [0.25, 0.3) is 0 Å². The molecule has 2 rings (SSSR count). The molecule has 0 N–H and O–H groups in total. The lowest BCUT2D eigenvalue weighted by Gasteiger charge is -2.31. The number of piperazine rings is 1. The molecule has 0 atom stereocenters. The zero-order valence-corrected chi connectivity index (χ0v) is 12.3. The van der Waals surface area contributed by atoms with Crippen molar-refractivity contribution < 1.29 is 8.42 Å². The molecule has 1 fully saturated rings. The zero-order chi connectivity index (χ0) is 13.3. The molecule has 0 saturated carbocycles. The highest BCUT2D eigenvalue weighted by atomic mass is 35.5. The Balaban J connectivity index is 2.30. The first kappa shape index (κ1) is 14.1. The summed E-state index contributed by atoms with van der Waals surface area (Å²) in [5.74, 6) is 0. The molecule has 1 saturated heterocycles. The van der Waals surface area contributed by atoms with Crippen LogP contribution in [0.4, 0.5) is 0 Å². The van der Waals surface area contributed by atoms with E-state index in [1.165, 1.54) is 22.5 Å². The summed E-state index contributed by atoms with van der Waals surface area (Å²) in [6.07, 6.45) is 0. The second kappa shape index (κ2) is 5.35. The van der Waals surface area contributed by atoms with E-state index < -0.39 is 10.0 Å². The fourth-order valence-corrected chi connectivity index (χ4v) is 4.00. The first-order valence-electron chi connectivity index (χ1n) is 5.54. The zero-order valence-electron chi connectivity index (χ0n) is 9.94. The maximum atomic E-state index is 12.4. The molecule has 18 heavy (non-hydrogen) atoms. The molecule has 0 unspecified atom stereocenters. The SMILES string of the molecule is CN1CCN(S(=O)(=O)c2cc(Cl)cc(Cl)c2)CC1. The minimum atomic E-state index is -3.49. The van der Waals surface area contributed by atoms with Crippen LogP contribution in [0, 0.1) is 0 Å². The maximum absolute atomic E-state index is 12.4. The van der Waals surface area contributed by atoms with E-state index in [9.17, 15) is 8.42 Å². The van der Waals surface area contributed by atoms with E-state index >= 15 is 0 Å². The highest BCUT2D eigenvalue weighted by Gasteiger charge is 2.27. The van der Waals surface area contributed by atoms with Crippen LogP contribution in [0.15, 0.2) is 23.1 Å². The summed E-state index contributed by atoms with van der Waals surface area (Å²) >= 11 is 11.7. The van der Waals surface area contributed by atoms with Crippen molar-refractivity contribution in [2.24, 2.45) is 0 Å². The van der Waals surface area contributed by atoms with Gasteiger partial charge in [0.1, 0.15) is 0 Å². The summed E-state index contributed by atoms with van der Waals surface area (Å²) < 4.78 is 26.2. The van der Waals surface area contributed by atoms with E-state index in [0.29, 0.717) is 23.1 Å². The Hall–Kier alpha value is -0.330. The Morgan fingerprint density at radius 2 is 1.50 bits per heavy atom. The topological polar surface area (TPSA) is 40.6 Å². The third-order valence-corrected chi connectivity index (χ3v) is 5.25. The molecule has 4 nitrogen and oxygen atoms in total. The van der Waals surface area contributed by atoms with Crippen molar-refractivity contribution in [1.29, 1.82) is 0 Å². The molecule has 1 aromatic carbocycles. The average Bonchev–Trinajstić information content (AvgIpc) is 2.28. The van der Waals surface area contributed by atoms with Gasteiger partial charge < -0.3 is 4.90 Å². The summed E-state index contributed by atoms with van der Waals surface area (Å²) in [5.41, 5.74) is 0. The number of hydrogen-bond donors (Lipinski definition) is 0. The number of likely N-dealkylation sites (N-methyl/N-ethyl adjacent to an activating group) is 1. The number of sulfonamides is 1. The normalized spacial score (nSPS) is 19.1. The van der Waals surface area contributed by atoms with Gasteiger partial charge in [-0.3, -0.25) is 0 Å². The highest BCUT2D eigenvalue weighted by molar-refractivity contribution is 7.89. The predicted octanol–water partition coefficient (Wildman–Crippen LogP) is 1.93. The Morgan fingerprint density at radius 1 is 1.00 bits per heavy atom. The first-order chi connectivity index (χ1) is 8.39. The van der Waals surface area contributed by atoms with Crippen LogP contribution in [-0.4, -0.2) is 50.8 Å². The summed E-state index contributed by atoms with van der Waals surface area (Å²) in [7, 11) is -1.52. The van der Waals surface area contributed by atoms with Crippen LogP contribution in [0.5, 0.6) is 0 Å². The Kier molecular flexibility index (Phi) is 4.18. The van der Waals surface area contributed by atoms with Crippen molar-refractivity contribution in [1.82, 2.24) is 9.21 Å². The van der Waals surface area contributed by atoms with Crippen molar-refractivity contribution in [3.05, 3.63) is 28.2 Å². The second-order valence-electron chi connectivity index (χ2n) is 4.31. The molecule has 7 heteroatoms. The minimum absolute atomic E-state index is 0.157. The van der Waals surface area contributed by atoms with E-state index in [1.54, 1.807) is 0 Å². The lowest BCUT2D eigenvalue weighted by atomic mass is 10.4. The van der Waals surface area contributed by atoms with Crippen molar-refractivity contribution in [3.8, 4) is 0 Å². The summed E-state index contributed by atoms with van der Waals surface area (Å²) in [6.45, 7) is 2.44. The van der Waals surface area contributed by atoms with E-state index in [2.05, 4.69) is 4.90 Å². The molecular weight excluding hydrogens is 295 g/mol. The van der Waals surface area contributed by atoms with Crippen molar-refractivity contribution >= 4 is 33.2 Å². The highest BCUT2D eigenvalue weighted by Crippen LogP contribution is 2.25. The second-order valence-corrected chi connectivity index (χ2v) is 7.12. The number of rotatable bonds is 2. The van der Waals surface area contributed by atoms with Gasteiger partial charge in [-0.25, -0.2) is 8.42 Å². The van der Waals surface area contributed by atoms with Gasteiger partial charge in [0.05, 0.1) is 4.90 Å². The fraction of sp³-hybridized carbons (Fsp3) is 0.455. The van der Waals surface area contributed by atoms with Gasteiger partial charge in [-0.1, -0.05) is 23.2 Å². The van der Waals surface area contributed by atoms with Gasteiger partial charge in [-0.2, -0.15) is 4.31 Å². The first-order valence-corrected chi connectivity index (χ1v) is 7.74. The van der Waals surface area contributed by atoms with Gasteiger partial charge in [-0.15, -0.1) is 0 Å². The van der Waals surface area contributed by atoms with Gasteiger partial charge in [0.15, 0.2) is 0 Å².